The molecular weight excluding hydrogens is 320 g/mol. The van der Waals surface area contributed by atoms with E-state index in [2.05, 4.69) is 14.9 Å². The summed E-state index contributed by atoms with van der Waals surface area (Å²) in [5.74, 6) is 1.51. The lowest BCUT2D eigenvalue weighted by molar-refractivity contribution is 0.122. The molecule has 1 aliphatic heterocycles. The molecule has 0 bridgehead atoms. The first-order valence-electron chi connectivity index (χ1n) is 7.02. The maximum Gasteiger partial charge on any atom is 0.181 e. The van der Waals surface area contributed by atoms with Gasteiger partial charge in [-0.1, -0.05) is 17.7 Å². The number of rotatable bonds is 2. The van der Waals surface area contributed by atoms with Gasteiger partial charge in [-0.2, -0.15) is 0 Å². The highest BCUT2D eigenvalue weighted by Crippen LogP contribution is 2.36. The third kappa shape index (κ3) is 2.43. The Labute approximate surface area is 136 Å². The van der Waals surface area contributed by atoms with Crippen LogP contribution < -0.4 is 4.90 Å². The van der Waals surface area contributed by atoms with E-state index in [1.165, 1.54) is 11.3 Å². The summed E-state index contributed by atoms with van der Waals surface area (Å²) in [5, 5.41) is 3.54. The molecule has 22 heavy (non-hydrogen) atoms. The summed E-state index contributed by atoms with van der Waals surface area (Å²) in [6.45, 7) is 3.01. The highest BCUT2D eigenvalue weighted by atomic mass is 35.5. The molecule has 0 radical (unpaired) electrons. The molecular formula is C15H13ClN4OS. The van der Waals surface area contributed by atoms with Crippen molar-refractivity contribution in [3.63, 3.8) is 0 Å². The summed E-state index contributed by atoms with van der Waals surface area (Å²) in [4.78, 5) is 16.8. The smallest absolute Gasteiger partial charge is 0.181 e. The summed E-state index contributed by atoms with van der Waals surface area (Å²) >= 11 is 7.88. The van der Waals surface area contributed by atoms with Gasteiger partial charge in [-0.05, 0) is 12.1 Å². The quantitative estimate of drug-likeness (QED) is 0.721. The average molecular weight is 333 g/mol. The Bertz CT molecular complexity index is 802. The first kappa shape index (κ1) is 13.9. The number of hydrogen-bond donors (Lipinski definition) is 0. The van der Waals surface area contributed by atoms with Crippen LogP contribution in [0.1, 0.15) is 0 Å². The van der Waals surface area contributed by atoms with Crippen molar-refractivity contribution >= 4 is 39.0 Å². The van der Waals surface area contributed by atoms with Crippen LogP contribution in [0.5, 0.6) is 0 Å². The van der Waals surface area contributed by atoms with Gasteiger partial charge in [-0.25, -0.2) is 9.97 Å². The summed E-state index contributed by atoms with van der Waals surface area (Å²) in [5.41, 5.74) is 0.767. The van der Waals surface area contributed by atoms with E-state index in [1.807, 2.05) is 23.6 Å². The summed E-state index contributed by atoms with van der Waals surface area (Å²) in [7, 11) is 0. The minimum atomic E-state index is 0.633. The van der Waals surface area contributed by atoms with Gasteiger partial charge in [0.2, 0.25) is 0 Å². The van der Waals surface area contributed by atoms with Gasteiger partial charge in [-0.15, -0.1) is 11.3 Å². The third-order valence-electron chi connectivity index (χ3n) is 3.57. The fourth-order valence-corrected chi connectivity index (χ4v) is 3.66. The van der Waals surface area contributed by atoms with Crippen molar-refractivity contribution in [1.29, 1.82) is 0 Å². The van der Waals surface area contributed by atoms with Gasteiger partial charge >= 0.3 is 0 Å². The van der Waals surface area contributed by atoms with Crippen LogP contribution in [-0.2, 0) is 4.74 Å². The molecule has 3 aromatic heterocycles. The van der Waals surface area contributed by atoms with Gasteiger partial charge < -0.3 is 9.64 Å². The number of thiophene rings is 1. The van der Waals surface area contributed by atoms with E-state index in [1.54, 1.807) is 6.20 Å². The van der Waals surface area contributed by atoms with E-state index in [-0.39, 0.29) is 0 Å². The van der Waals surface area contributed by atoms with Gasteiger partial charge in [-0.3, -0.25) is 4.98 Å². The van der Waals surface area contributed by atoms with Crippen molar-refractivity contribution in [3.05, 3.63) is 34.8 Å². The molecule has 4 rings (SSSR count). The van der Waals surface area contributed by atoms with Crippen molar-refractivity contribution in [3.8, 4) is 11.5 Å². The van der Waals surface area contributed by atoms with Crippen LogP contribution in [0.25, 0.3) is 21.7 Å². The maximum atomic E-state index is 6.35. The molecule has 1 saturated heterocycles. The maximum absolute atomic E-state index is 6.35. The number of hydrogen-bond acceptors (Lipinski definition) is 6. The SMILES string of the molecule is Clc1csc2nc(-c3ccccn3)nc(N3CCOCC3)c12. The number of nitrogens with zero attached hydrogens (tertiary/aromatic N) is 4. The van der Waals surface area contributed by atoms with Gasteiger partial charge in [0.25, 0.3) is 0 Å². The van der Waals surface area contributed by atoms with Crippen LogP contribution in [0.2, 0.25) is 5.02 Å². The number of halogens is 1. The fraction of sp³-hybridized carbons (Fsp3) is 0.267. The van der Waals surface area contributed by atoms with E-state index < -0.39 is 0 Å². The van der Waals surface area contributed by atoms with E-state index in [0.29, 0.717) is 24.1 Å². The van der Waals surface area contributed by atoms with Crippen LogP contribution in [0, 0.1) is 0 Å². The van der Waals surface area contributed by atoms with E-state index in [9.17, 15) is 0 Å². The van der Waals surface area contributed by atoms with Crippen LogP contribution in [0.15, 0.2) is 29.8 Å². The first-order chi connectivity index (χ1) is 10.8. The predicted molar refractivity (Wildman–Crippen MR) is 88.7 cm³/mol. The van der Waals surface area contributed by atoms with Gasteiger partial charge in [0.1, 0.15) is 16.3 Å². The zero-order valence-electron chi connectivity index (χ0n) is 11.7. The Balaban J connectivity index is 1.90. The topological polar surface area (TPSA) is 51.1 Å². The van der Waals surface area contributed by atoms with Crippen molar-refractivity contribution in [1.82, 2.24) is 15.0 Å². The van der Waals surface area contributed by atoms with Gasteiger partial charge in [0, 0.05) is 24.7 Å². The van der Waals surface area contributed by atoms with Crippen LogP contribution >= 0.6 is 22.9 Å². The average Bonchev–Trinajstić information content (AvgIpc) is 2.97. The number of morpholine rings is 1. The van der Waals surface area contributed by atoms with Crippen molar-refractivity contribution in [2.75, 3.05) is 31.2 Å². The number of pyridine rings is 1. The number of ether oxygens (including phenoxy) is 1. The molecule has 0 amide bonds. The lowest BCUT2D eigenvalue weighted by Crippen LogP contribution is -2.37. The van der Waals surface area contributed by atoms with E-state index in [0.717, 1.165) is 34.8 Å². The van der Waals surface area contributed by atoms with Gasteiger partial charge in [0.15, 0.2) is 5.82 Å². The minimum Gasteiger partial charge on any atom is -0.378 e. The Morgan fingerprint density at radius 2 is 2.05 bits per heavy atom. The molecule has 0 saturated carbocycles. The largest absolute Gasteiger partial charge is 0.378 e. The minimum absolute atomic E-state index is 0.633. The van der Waals surface area contributed by atoms with Crippen molar-refractivity contribution < 1.29 is 4.74 Å². The zero-order valence-corrected chi connectivity index (χ0v) is 13.3. The summed E-state index contributed by atoms with van der Waals surface area (Å²) < 4.78 is 5.43. The fourth-order valence-electron chi connectivity index (χ4n) is 2.50. The van der Waals surface area contributed by atoms with Crippen molar-refractivity contribution in [2.24, 2.45) is 0 Å². The molecule has 0 aliphatic carbocycles. The lowest BCUT2D eigenvalue weighted by atomic mass is 10.3. The molecule has 0 atom stereocenters. The lowest BCUT2D eigenvalue weighted by Gasteiger charge is -2.28. The molecule has 1 fully saturated rings. The van der Waals surface area contributed by atoms with Crippen LogP contribution in [0.4, 0.5) is 5.82 Å². The van der Waals surface area contributed by atoms with Crippen LogP contribution in [0.3, 0.4) is 0 Å². The molecule has 5 nitrogen and oxygen atoms in total. The molecule has 3 aromatic rings. The molecule has 1 aliphatic rings. The zero-order chi connectivity index (χ0) is 14.9. The number of aromatic nitrogens is 3. The Morgan fingerprint density at radius 1 is 1.18 bits per heavy atom. The molecule has 7 heteroatoms. The molecule has 0 aromatic carbocycles. The van der Waals surface area contributed by atoms with E-state index in [4.69, 9.17) is 21.3 Å². The second-order valence-electron chi connectivity index (χ2n) is 4.95. The Hall–Kier alpha value is -1.76. The second-order valence-corrected chi connectivity index (χ2v) is 6.21. The standard InChI is InChI=1S/C15H13ClN4OS/c16-10-9-22-15-12(10)14(20-5-7-21-8-6-20)18-13(19-15)11-3-1-2-4-17-11/h1-4,9H,5-8H2. The highest BCUT2D eigenvalue weighted by Gasteiger charge is 2.21. The number of fused-ring (bicyclic) bond motifs is 1. The molecule has 0 N–H and O–H groups in total. The van der Waals surface area contributed by atoms with Gasteiger partial charge in [0.05, 0.1) is 23.6 Å². The number of anilines is 1. The van der Waals surface area contributed by atoms with E-state index >= 15 is 0 Å². The third-order valence-corrected chi connectivity index (χ3v) is 4.87. The second kappa shape index (κ2) is 5.79. The molecule has 0 unspecified atom stereocenters. The molecule has 0 spiro atoms. The normalized spacial score (nSPS) is 15.4. The highest BCUT2D eigenvalue weighted by molar-refractivity contribution is 7.17. The predicted octanol–water partition coefficient (Wildman–Crippen LogP) is 3.24. The monoisotopic (exact) mass is 332 g/mol. The van der Waals surface area contributed by atoms with Crippen molar-refractivity contribution in [2.45, 2.75) is 0 Å². The Kier molecular flexibility index (Phi) is 3.65. The Morgan fingerprint density at radius 3 is 2.82 bits per heavy atom. The molecule has 4 heterocycles. The first-order valence-corrected chi connectivity index (χ1v) is 8.27. The molecule has 112 valence electrons. The van der Waals surface area contributed by atoms with Crippen LogP contribution in [-0.4, -0.2) is 41.3 Å². The summed E-state index contributed by atoms with van der Waals surface area (Å²) in [6, 6.07) is 5.73. The summed E-state index contributed by atoms with van der Waals surface area (Å²) in [6.07, 6.45) is 1.75.